The third kappa shape index (κ3) is 9.09. The molecule has 28 heavy (non-hydrogen) atoms. The van der Waals surface area contributed by atoms with E-state index in [2.05, 4.69) is 15.6 Å². The SMILES string of the molecule is CCNC(=NCc1ccc(OCCOC)cc1)NCCCN1CCCC1=O.I. The molecule has 2 N–H and O–H groups in total. The summed E-state index contributed by atoms with van der Waals surface area (Å²) in [4.78, 5) is 18.2. The monoisotopic (exact) mass is 504 g/mol. The Hall–Kier alpha value is -1.55. The van der Waals surface area contributed by atoms with Gasteiger partial charge in [0.15, 0.2) is 5.96 Å². The molecule has 0 aliphatic carbocycles. The van der Waals surface area contributed by atoms with Gasteiger partial charge in [0, 0.05) is 39.7 Å². The second kappa shape index (κ2) is 14.4. The summed E-state index contributed by atoms with van der Waals surface area (Å²) in [5.74, 6) is 1.91. The van der Waals surface area contributed by atoms with Crippen LogP contribution < -0.4 is 15.4 Å². The molecule has 0 spiro atoms. The van der Waals surface area contributed by atoms with E-state index in [1.54, 1.807) is 7.11 Å². The van der Waals surface area contributed by atoms with Crippen LogP contribution in [0.15, 0.2) is 29.3 Å². The zero-order valence-corrected chi connectivity index (χ0v) is 19.2. The summed E-state index contributed by atoms with van der Waals surface area (Å²) in [5.41, 5.74) is 1.12. The van der Waals surface area contributed by atoms with Crippen LogP contribution in [0.4, 0.5) is 0 Å². The molecule has 8 heteroatoms. The number of nitrogens with zero attached hydrogens (tertiary/aromatic N) is 2. The van der Waals surface area contributed by atoms with E-state index >= 15 is 0 Å². The summed E-state index contributed by atoms with van der Waals surface area (Å²) in [6.07, 6.45) is 2.62. The molecular formula is C20H33IN4O3. The van der Waals surface area contributed by atoms with Crippen LogP contribution >= 0.6 is 24.0 Å². The minimum Gasteiger partial charge on any atom is -0.491 e. The molecule has 7 nitrogen and oxygen atoms in total. The standard InChI is InChI=1S/C20H32N4O3.HI/c1-3-21-20(22-11-5-13-24-12-4-6-19(24)25)23-16-17-7-9-18(10-8-17)27-15-14-26-2;/h7-10H,3-6,11-16H2,1-2H3,(H2,21,22,23);1H. The Morgan fingerprint density at radius 1 is 1.21 bits per heavy atom. The molecular weight excluding hydrogens is 471 g/mol. The fourth-order valence-electron chi connectivity index (χ4n) is 2.86. The maximum Gasteiger partial charge on any atom is 0.222 e. The summed E-state index contributed by atoms with van der Waals surface area (Å²) < 4.78 is 10.5. The number of benzene rings is 1. The van der Waals surface area contributed by atoms with Crippen molar-refractivity contribution in [3.8, 4) is 5.75 Å². The number of likely N-dealkylation sites (tertiary alicyclic amines) is 1. The molecule has 1 aromatic rings. The van der Waals surface area contributed by atoms with Crippen LogP contribution in [0.5, 0.6) is 5.75 Å². The fourth-order valence-corrected chi connectivity index (χ4v) is 2.86. The normalized spacial score (nSPS) is 14.0. The summed E-state index contributed by atoms with van der Waals surface area (Å²) in [6, 6.07) is 7.95. The van der Waals surface area contributed by atoms with Gasteiger partial charge >= 0.3 is 0 Å². The van der Waals surface area contributed by atoms with Crippen LogP contribution in [0, 0.1) is 0 Å². The molecule has 2 rings (SSSR count). The molecule has 1 aliphatic rings. The number of hydrogen-bond donors (Lipinski definition) is 2. The molecule has 0 aromatic heterocycles. The third-order valence-electron chi connectivity index (χ3n) is 4.31. The number of guanidine groups is 1. The maximum atomic E-state index is 11.6. The molecule has 0 atom stereocenters. The van der Waals surface area contributed by atoms with Crippen LogP contribution in [-0.4, -0.2) is 63.3 Å². The number of rotatable bonds is 11. The van der Waals surface area contributed by atoms with Crippen molar-refractivity contribution in [2.75, 3.05) is 46.5 Å². The summed E-state index contributed by atoms with van der Waals surface area (Å²) in [6.45, 7) is 7.09. The highest BCUT2D eigenvalue weighted by molar-refractivity contribution is 14.0. The first kappa shape index (κ1) is 24.5. The van der Waals surface area contributed by atoms with Gasteiger partial charge in [-0.25, -0.2) is 4.99 Å². The minimum absolute atomic E-state index is 0. The van der Waals surface area contributed by atoms with Gasteiger partial charge in [-0.05, 0) is 37.5 Å². The van der Waals surface area contributed by atoms with Crippen LogP contribution in [0.1, 0.15) is 31.7 Å². The molecule has 1 aromatic carbocycles. The first-order chi connectivity index (χ1) is 13.2. The smallest absolute Gasteiger partial charge is 0.222 e. The van der Waals surface area contributed by atoms with E-state index in [4.69, 9.17) is 9.47 Å². The number of nitrogens with one attached hydrogen (secondary N) is 2. The van der Waals surface area contributed by atoms with Crippen molar-refractivity contribution in [1.82, 2.24) is 15.5 Å². The highest BCUT2D eigenvalue weighted by Gasteiger charge is 2.18. The van der Waals surface area contributed by atoms with E-state index in [-0.39, 0.29) is 29.9 Å². The summed E-state index contributed by atoms with van der Waals surface area (Å²) in [7, 11) is 1.66. The second-order valence-electron chi connectivity index (χ2n) is 6.45. The van der Waals surface area contributed by atoms with Gasteiger partial charge in [0.1, 0.15) is 12.4 Å². The van der Waals surface area contributed by atoms with Crippen molar-refractivity contribution in [1.29, 1.82) is 0 Å². The predicted octanol–water partition coefficient (Wildman–Crippen LogP) is 2.40. The number of halogens is 1. The molecule has 0 radical (unpaired) electrons. The van der Waals surface area contributed by atoms with Gasteiger partial charge in [0.2, 0.25) is 5.91 Å². The average molecular weight is 504 g/mol. The maximum absolute atomic E-state index is 11.6. The van der Waals surface area contributed by atoms with Gasteiger partial charge in [-0.3, -0.25) is 4.79 Å². The highest BCUT2D eigenvalue weighted by Crippen LogP contribution is 2.13. The van der Waals surface area contributed by atoms with Gasteiger partial charge in [0.05, 0.1) is 13.2 Å². The Morgan fingerprint density at radius 3 is 2.64 bits per heavy atom. The lowest BCUT2D eigenvalue weighted by atomic mass is 10.2. The van der Waals surface area contributed by atoms with Crippen molar-refractivity contribution in [3.63, 3.8) is 0 Å². The first-order valence-electron chi connectivity index (χ1n) is 9.73. The molecule has 0 bridgehead atoms. The Labute approximate surface area is 185 Å². The molecule has 0 unspecified atom stereocenters. The zero-order valence-electron chi connectivity index (χ0n) is 16.9. The van der Waals surface area contributed by atoms with E-state index in [0.29, 0.717) is 26.2 Å². The molecule has 158 valence electrons. The molecule has 1 saturated heterocycles. The van der Waals surface area contributed by atoms with Crippen LogP contribution in [0.3, 0.4) is 0 Å². The van der Waals surface area contributed by atoms with Crippen molar-refractivity contribution in [2.24, 2.45) is 4.99 Å². The number of hydrogen-bond acceptors (Lipinski definition) is 4. The predicted molar refractivity (Wildman–Crippen MR) is 122 cm³/mol. The molecule has 1 heterocycles. The van der Waals surface area contributed by atoms with E-state index in [1.807, 2.05) is 36.1 Å². The van der Waals surface area contributed by atoms with E-state index < -0.39 is 0 Å². The second-order valence-corrected chi connectivity index (χ2v) is 6.45. The highest BCUT2D eigenvalue weighted by atomic mass is 127. The van der Waals surface area contributed by atoms with Crippen LogP contribution in [0.25, 0.3) is 0 Å². The van der Waals surface area contributed by atoms with E-state index in [9.17, 15) is 4.79 Å². The van der Waals surface area contributed by atoms with E-state index in [1.165, 1.54) is 0 Å². The van der Waals surface area contributed by atoms with E-state index in [0.717, 1.165) is 56.3 Å². The molecule has 1 amide bonds. The van der Waals surface area contributed by atoms with Gasteiger partial charge in [0.25, 0.3) is 0 Å². The quantitative estimate of drug-likeness (QED) is 0.210. The number of methoxy groups -OCH3 is 1. The molecule has 1 aliphatic heterocycles. The molecule has 1 fully saturated rings. The first-order valence-corrected chi connectivity index (χ1v) is 9.73. The van der Waals surface area contributed by atoms with Gasteiger partial charge in [-0.1, -0.05) is 12.1 Å². The van der Waals surface area contributed by atoms with Crippen molar-refractivity contribution in [3.05, 3.63) is 29.8 Å². The fraction of sp³-hybridized carbons (Fsp3) is 0.600. The zero-order chi connectivity index (χ0) is 19.3. The third-order valence-corrected chi connectivity index (χ3v) is 4.31. The lowest BCUT2D eigenvalue weighted by Gasteiger charge is -2.16. The lowest BCUT2D eigenvalue weighted by Crippen LogP contribution is -2.39. The Balaban J connectivity index is 0.00000392. The topological polar surface area (TPSA) is 75.2 Å². The summed E-state index contributed by atoms with van der Waals surface area (Å²) >= 11 is 0. The Bertz CT molecular complexity index is 596. The Morgan fingerprint density at radius 2 is 2.00 bits per heavy atom. The van der Waals surface area contributed by atoms with Crippen molar-refractivity contribution < 1.29 is 14.3 Å². The largest absolute Gasteiger partial charge is 0.491 e. The number of aliphatic imine (C=N–C) groups is 1. The van der Waals surface area contributed by atoms with Crippen LogP contribution in [0.2, 0.25) is 0 Å². The minimum atomic E-state index is 0. The van der Waals surface area contributed by atoms with Gasteiger partial charge in [-0.2, -0.15) is 0 Å². The van der Waals surface area contributed by atoms with Crippen molar-refractivity contribution >= 4 is 35.8 Å². The number of amides is 1. The number of carbonyl (C=O) groups excluding carboxylic acids is 1. The lowest BCUT2D eigenvalue weighted by molar-refractivity contribution is -0.127. The van der Waals surface area contributed by atoms with Crippen molar-refractivity contribution in [2.45, 2.75) is 32.7 Å². The average Bonchev–Trinajstić information content (AvgIpc) is 3.09. The molecule has 0 saturated carbocycles. The Kier molecular flexibility index (Phi) is 12.6. The number of ether oxygens (including phenoxy) is 2. The summed E-state index contributed by atoms with van der Waals surface area (Å²) in [5, 5.41) is 6.59. The number of carbonyl (C=O) groups is 1. The van der Waals surface area contributed by atoms with Gasteiger partial charge < -0.3 is 25.0 Å². The van der Waals surface area contributed by atoms with Gasteiger partial charge in [-0.15, -0.1) is 24.0 Å². The van der Waals surface area contributed by atoms with Crippen LogP contribution in [-0.2, 0) is 16.1 Å².